The van der Waals surface area contributed by atoms with Crippen molar-refractivity contribution in [2.75, 3.05) is 17.4 Å². The van der Waals surface area contributed by atoms with Gasteiger partial charge in [-0.1, -0.05) is 13.0 Å². The van der Waals surface area contributed by atoms with Crippen LogP contribution < -0.4 is 4.72 Å². The van der Waals surface area contributed by atoms with Gasteiger partial charge in [-0.3, -0.25) is 0 Å². The lowest BCUT2D eigenvalue weighted by atomic mass is 10.3. The number of rotatable bonds is 5. The van der Waals surface area contributed by atoms with E-state index >= 15 is 0 Å². The van der Waals surface area contributed by atoms with Crippen LogP contribution in [0, 0.1) is 5.92 Å². The molecule has 0 fully saturated rings. The third kappa shape index (κ3) is 4.40. The van der Waals surface area contributed by atoms with Gasteiger partial charge in [0.15, 0.2) is 9.84 Å². The maximum Gasteiger partial charge on any atom is 0.212 e. The standard InChI is InChI=1S/C8H14ClNO4S2/c1-7(4-9)5-16(13,14)10-8-2-3-15(11,12)6-8/h2-3,7-8,10H,4-6H2,1H3. The minimum Gasteiger partial charge on any atom is -0.224 e. The molecule has 16 heavy (non-hydrogen) atoms. The third-order valence-electron chi connectivity index (χ3n) is 2.03. The van der Waals surface area contributed by atoms with E-state index < -0.39 is 25.9 Å². The lowest BCUT2D eigenvalue weighted by Crippen LogP contribution is -2.38. The normalized spacial score (nSPS) is 25.8. The summed E-state index contributed by atoms with van der Waals surface area (Å²) in [7, 11) is -6.71. The van der Waals surface area contributed by atoms with Gasteiger partial charge in [-0.25, -0.2) is 21.6 Å². The quantitative estimate of drug-likeness (QED) is 0.727. The third-order valence-corrected chi connectivity index (χ3v) is 5.62. The summed E-state index contributed by atoms with van der Waals surface area (Å²) in [4.78, 5) is 0. The minimum absolute atomic E-state index is 0.0963. The summed E-state index contributed by atoms with van der Waals surface area (Å²) in [6.07, 6.45) is 1.35. The number of nitrogens with one attached hydrogen (secondary N) is 1. The van der Waals surface area contributed by atoms with E-state index in [0.717, 1.165) is 5.41 Å². The molecule has 1 aliphatic heterocycles. The number of hydrogen-bond donors (Lipinski definition) is 1. The van der Waals surface area contributed by atoms with Gasteiger partial charge in [-0.15, -0.1) is 11.6 Å². The van der Waals surface area contributed by atoms with Crippen molar-refractivity contribution in [2.45, 2.75) is 13.0 Å². The van der Waals surface area contributed by atoms with E-state index in [4.69, 9.17) is 11.6 Å². The Morgan fingerprint density at radius 2 is 2.19 bits per heavy atom. The SMILES string of the molecule is CC(CCl)CS(=O)(=O)NC1C=CS(=O)(=O)C1. The van der Waals surface area contributed by atoms with Gasteiger partial charge >= 0.3 is 0 Å². The molecule has 0 saturated carbocycles. The van der Waals surface area contributed by atoms with E-state index in [0.29, 0.717) is 0 Å². The zero-order valence-electron chi connectivity index (χ0n) is 8.76. The van der Waals surface area contributed by atoms with Crippen molar-refractivity contribution in [1.29, 1.82) is 0 Å². The Morgan fingerprint density at radius 3 is 2.62 bits per heavy atom. The summed E-state index contributed by atoms with van der Waals surface area (Å²) in [5, 5.41) is 1.03. The molecule has 0 aromatic rings. The first-order valence-electron chi connectivity index (χ1n) is 4.71. The van der Waals surface area contributed by atoms with Crippen molar-refractivity contribution >= 4 is 31.5 Å². The van der Waals surface area contributed by atoms with Crippen LogP contribution in [-0.4, -0.2) is 40.3 Å². The lowest BCUT2D eigenvalue weighted by molar-refractivity contribution is 0.563. The number of halogens is 1. The van der Waals surface area contributed by atoms with Crippen molar-refractivity contribution in [3.8, 4) is 0 Å². The Morgan fingerprint density at radius 1 is 1.56 bits per heavy atom. The van der Waals surface area contributed by atoms with Crippen molar-refractivity contribution in [3.63, 3.8) is 0 Å². The Kier molecular flexibility index (Phi) is 4.39. The van der Waals surface area contributed by atoms with E-state index in [9.17, 15) is 16.8 Å². The molecule has 0 aromatic carbocycles. The van der Waals surface area contributed by atoms with Crippen molar-refractivity contribution in [1.82, 2.24) is 4.72 Å². The molecule has 1 N–H and O–H groups in total. The fraction of sp³-hybridized carbons (Fsp3) is 0.750. The van der Waals surface area contributed by atoms with E-state index in [1.54, 1.807) is 6.92 Å². The van der Waals surface area contributed by atoms with Crippen LogP contribution in [0.2, 0.25) is 0 Å². The van der Waals surface area contributed by atoms with Gasteiger partial charge in [-0.05, 0) is 5.92 Å². The molecule has 0 radical (unpaired) electrons. The van der Waals surface area contributed by atoms with Gasteiger partial charge in [0.1, 0.15) is 0 Å². The fourth-order valence-electron chi connectivity index (χ4n) is 1.35. The second-order valence-corrected chi connectivity index (χ2v) is 7.96. The van der Waals surface area contributed by atoms with E-state index in [2.05, 4.69) is 4.72 Å². The Labute approximate surface area is 101 Å². The maximum atomic E-state index is 11.6. The summed E-state index contributed by atoms with van der Waals surface area (Å²) >= 11 is 5.52. The Hall–Kier alpha value is -0.110. The van der Waals surface area contributed by atoms with Crippen LogP contribution in [0.1, 0.15) is 6.92 Å². The first-order chi connectivity index (χ1) is 7.24. The molecule has 1 rings (SSSR count). The molecular formula is C8H14ClNO4S2. The van der Waals surface area contributed by atoms with Crippen LogP contribution in [0.3, 0.4) is 0 Å². The molecule has 94 valence electrons. The highest BCUT2D eigenvalue weighted by Crippen LogP contribution is 2.10. The topological polar surface area (TPSA) is 80.3 Å². The lowest BCUT2D eigenvalue weighted by Gasteiger charge is -2.13. The first-order valence-corrected chi connectivity index (χ1v) is 8.61. The van der Waals surface area contributed by atoms with Crippen LogP contribution in [0.25, 0.3) is 0 Å². The highest BCUT2D eigenvalue weighted by atomic mass is 35.5. The van der Waals surface area contributed by atoms with Gasteiger partial charge in [-0.2, -0.15) is 0 Å². The van der Waals surface area contributed by atoms with Gasteiger partial charge < -0.3 is 0 Å². The smallest absolute Gasteiger partial charge is 0.212 e. The second-order valence-electron chi connectivity index (χ2n) is 3.92. The van der Waals surface area contributed by atoms with Crippen molar-refractivity contribution < 1.29 is 16.8 Å². The average molecular weight is 288 g/mol. The van der Waals surface area contributed by atoms with Gasteiger partial charge in [0.25, 0.3) is 0 Å². The second kappa shape index (κ2) is 5.03. The van der Waals surface area contributed by atoms with Gasteiger partial charge in [0.2, 0.25) is 10.0 Å². The fourth-order valence-corrected chi connectivity index (χ4v) is 4.51. The molecule has 0 bridgehead atoms. The highest BCUT2D eigenvalue weighted by molar-refractivity contribution is 7.94. The molecule has 0 aliphatic carbocycles. The number of sulfonamides is 1. The number of sulfone groups is 1. The summed E-state index contributed by atoms with van der Waals surface area (Å²) in [6.45, 7) is 1.72. The Bertz CT molecular complexity index is 468. The molecule has 1 aliphatic rings. The van der Waals surface area contributed by atoms with Crippen molar-refractivity contribution in [2.24, 2.45) is 5.92 Å². The zero-order chi connectivity index (χ0) is 12.4. The van der Waals surface area contributed by atoms with E-state index in [1.165, 1.54) is 6.08 Å². The molecule has 0 amide bonds. The molecule has 1 heterocycles. The average Bonchev–Trinajstić information content (AvgIpc) is 2.43. The summed E-state index contributed by atoms with van der Waals surface area (Å²) < 4.78 is 47.6. The van der Waals surface area contributed by atoms with Gasteiger partial charge in [0.05, 0.1) is 17.5 Å². The van der Waals surface area contributed by atoms with Gasteiger partial charge in [0, 0.05) is 11.3 Å². The minimum atomic E-state index is -3.48. The largest absolute Gasteiger partial charge is 0.224 e. The summed E-state index contributed by atoms with van der Waals surface area (Å²) in [5.41, 5.74) is 0. The van der Waals surface area contributed by atoms with Crippen LogP contribution in [0.15, 0.2) is 11.5 Å². The predicted octanol–water partition coefficient (Wildman–Crippen LogP) is 0.0914. The summed E-state index contributed by atoms with van der Waals surface area (Å²) in [6, 6.07) is -0.655. The zero-order valence-corrected chi connectivity index (χ0v) is 11.1. The van der Waals surface area contributed by atoms with Crippen LogP contribution in [0.4, 0.5) is 0 Å². The van der Waals surface area contributed by atoms with E-state index in [-0.39, 0.29) is 23.3 Å². The van der Waals surface area contributed by atoms with Crippen LogP contribution in [0.5, 0.6) is 0 Å². The van der Waals surface area contributed by atoms with Crippen LogP contribution in [-0.2, 0) is 19.9 Å². The molecule has 0 saturated heterocycles. The number of hydrogen-bond acceptors (Lipinski definition) is 4. The molecule has 0 spiro atoms. The molecule has 0 aromatic heterocycles. The molecule has 2 atom stereocenters. The van der Waals surface area contributed by atoms with Crippen LogP contribution >= 0.6 is 11.6 Å². The molecule has 5 nitrogen and oxygen atoms in total. The summed E-state index contributed by atoms with van der Waals surface area (Å²) in [5.74, 6) is -0.219. The maximum absolute atomic E-state index is 11.6. The molecule has 8 heteroatoms. The molecule has 2 unspecified atom stereocenters. The highest BCUT2D eigenvalue weighted by Gasteiger charge is 2.26. The molecular weight excluding hydrogens is 274 g/mol. The first kappa shape index (κ1) is 14.0. The van der Waals surface area contributed by atoms with Crippen molar-refractivity contribution in [3.05, 3.63) is 11.5 Å². The monoisotopic (exact) mass is 287 g/mol. The van der Waals surface area contributed by atoms with E-state index in [1.807, 2.05) is 0 Å². The number of alkyl halides is 1. The predicted molar refractivity (Wildman–Crippen MR) is 63.5 cm³/mol. The Balaban J connectivity index is 2.59.